The lowest BCUT2D eigenvalue weighted by Gasteiger charge is -2.12. The zero-order valence-corrected chi connectivity index (χ0v) is 11.3. The van der Waals surface area contributed by atoms with Gasteiger partial charge in [-0.1, -0.05) is 25.1 Å². The van der Waals surface area contributed by atoms with E-state index in [1.165, 1.54) is 0 Å². The van der Waals surface area contributed by atoms with Gasteiger partial charge < -0.3 is 4.74 Å². The highest BCUT2D eigenvalue weighted by Crippen LogP contribution is 2.10. The van der Waals surface area contributed by atoms with E-state index in [4.69, 9.17) is 4.74 Å². The molecule has 0 heterocycles. The topological polar surface area (TPSA) is 24.8 Å². The maximum atomic E-state index is 5.43. The monoisotopic (exact) mass is 252 g/mol. The number of benzene rings is 1. The maximum absolute atomic E-state index is 5.43. The van der Waals surface area contributed by atoms with E-state index in [0.29, 0.717) is 6.61 Å². The minimum Gasteiger partial charge on any atom is -0.375 e. The van der Waals surface area contributed by atoms with Gasteiger partial charge in [0.1, 0.15) is 0 Å². The van der Waals surface area contributed by atoms with Gasteiger partial charge in [-0.15, -0.1) is 0 Å². The van der Waals surface area contributed by atoms with Gasteiger partial charge in [0.05, 0.1) is 25.1 Å². The minimum absolute atomic E-state index is 0.571. The Morgan fingerprint density at radius 3 is 2.82 bits per heavy atom. The fourth-order valence-corrected chi connectivity index (χ4v) is 1.79. The first-order valence-corrected chi connectivity index (χ1v) is 6.96. The number of para-hydroxylation sites is 1. The van der Waals surface area contributed by atoms with Crippen LogP contribution in [-0.2, 0) is 4.74 Å². The van der Waals surface area contributed by atoms with E-state index in [0.717, 1.165) is 23.8 Å². The highest BCUT2D eigenvalue weighted by Gasteiger charge is 1.94. The van der Waals surface area contributed by atoms with Crippen LogP contribution in [0.5, 0.6) is 0 Å². The van der Waals surface area contributed by atoms with E-state index in [-0.39, 0.29) is 0 Å². The van der Waals surface area contributed by atoms with Crippen LogP contribution < -0.4 is 5.01 Å². The minimum atomic E-state index is 0.571. The Hall–Kier alpha value is -1.00. The summed E-state index contributed by atoms with van der Waals surface area (Å²) >= 11 is 1.89. The summed E-state index contributed by atoms with van der Waals surface area (Å²) in [6.45, 7) is 3.52. The number of ether oxygens (including phenoxy) is 1. The van der Waals surface area contributed by atoms with E-state index in [1.807, 2.05) is 54.2 Å². The summed E-state index contributed by atoms with van der Waals surface area (Å²) in [5.41, 5.74) is 1.07. The third-order valence-electron chi connectivity index (χ3n) is 2.15. The SMILES string of the molecule is CCSCCOCC=NN(C)c1ccccc1. The average molecular weight is 252 g/mol. The second-order valence-electron chi connectivity index (χ2n) is 3.43. The fourth-order valence-electron chi connectivity index (χ4n) is 1.26. The number of rotatable bonds is 8. The van der Waals surface area contributed by atoms with Gasteiger partial charge in [-0.2, -0.15) is 16.9 Å². The molecule has 0 fully saturated rings. The molecule has 0 saturated carbocycles. The average Bonchev–Trinajstić information content (AvgIpc) is 2.38. The number of anilines is 1. The van der Waals surface area contributed by atoms with E-state index in [2.05, 4.69) is 12.0 Å². The van der Waals surface area contributed by atoms with Crippen LogP contribution in [0.3, 0.4) is 0 Å². The van der Waals surface area contributed by atoms with E-state index in [1.54, 1.807) is 6.21 Å². The number of hydrogen-bond acceptors (Lipinski definition) is 4. The van der Waals surface area contributed by atoms with Crippen molar-refractivity contribution in [1.82, 2.24) is 0 Å². The molecule has 0 bridgehead atoms. The zero-order chi connectivity index (χ0) is 12.3. The summed E-state index contributed by atoms with van der Waals surface area (Å²) in [5.74, 6) is 2.20. The Labute approximate surface area is 108 Å². The van der Waals surface area contributed by atoms with Crippen LogP contribution in [0.4, 0.5) is 5.69 Å². The summed E-state index contributed by atoms with van der Waals surface area (Å²) in [5, 5.41) is 6.13. The smallest absolute Gasteiger partial charge is 0.0836 e. The third-order valence-corrected chi connectivity index (χ3v) is 3.02. The van der Waals surface area contributed by atoms with Gasteiger partial charge in [0, 0.05) is 12.8 Å². The molecular weight excluding hydrogens is 232 g/mol. The first-order valence-electron chi connectivity index (χ1n) is 5.81. The predicted molar refractivity (Wildman–Crippen MR) is 77.2 cm³/mol. The summed E-state index contributed by atoms with van der Waals surface area (Å²) in [6, 6.07) is 10.0. The molecular formula is C13H20N2OS. The van der Waals surface area contributed by atoms with Crippen molar-refractivity contribution in [2.45, 2.75) is 6.92 Å². The Morgan fingerprint density at radius 1 is 1.35 bits per heavy atom. The number of hydrazone groups is 1. The second-order valence-corrected chi connectivity index (χ2v) is 4.82. The van der Waals surface area contributed by atoms with Crippen LogP contribution in [0.2, 0.25) is 0 Å². The van der Waals surface area contributed by atoms with Crippen molar-refractivity contribution in [3.63, 3.8) is 0 Å². The first kappa shape index (κ1) is 14.1. The molecule has 3 nitrogen and oxygen atoms in total. The Bertz CT molecular complexity index is 316. The van der Waals surface area contributed by atoms with Crippen molar-refractivity contribution in [2.75, 3.05) is 36.8 Å². The lowest BCUT2D eigenvalue weighted by Crippen LogP contribution is -2.10. The van der Waals surface area contributed by atoms with Crippen LogP contribution in [-0.4, -0.2) is 38.0 Å². The van der Waals surface area contributed by atoms with Gasteiger partial charge >= 0.3 is 0 Å². The van der Waals surface area contributed by atoms with Gasteiger partial charge in [0.15, 0.2) is 0 Å². The summed E-state index contributed by atoms with van der Waals surface area (Å²) in [6.07, 6.45) is 1.80. The van der Waals surface area contributed by atoms with Crippen LogP contribution in [0, 0.1) is 0 Å². The van der Waals surface area contributed by atoms with Crippen molar-refractivity contribution >= 4 is 23.7 Å². The quantitative estimate of drug-likeness (QED) is 0.404. The molecule has 1 rings (SSSR count). The van der Waals surface area contributed by atoms with Crippen molar-refractivity contribution < 1.29 is 4.74 Å². The van der Waals surface area contributed by atoms with Gasteiger partial charge in [0.25, 0.3) is 0 Å². The molecule has 0 N–H and O–H groups in total. The molecule has 4 heteroatoms. The molecule has 0 spiro atoms. The zero-order valence-electron chi connectivity index (χ0n) is 10.5. The Balaban J connectivity index is 2.16. The number of thioether (sulfide) groups is 1. The van der Waals surface area contributed by atoms with Crippen LogP contribution in [0.25, 0.3) is 0 Å². The van der Waals surface area contributed by atoms with Crippen molar-refractivity contribution in [2.24, 2.45) is 5.10 Å². The third kappa shape index (κ3) is 6.34. The van der Waals surface area contributed by atoms with Gasteiger partial charge in [-0.05, 0) is 17.9 Å². The highest BCUT2D eigenvalue weighted by atomic mass is 32.2. The highest BCUT2D eigenvalue weighted by molar-refractivity contribution is 7.99. The molecule has 0 aliphatic carbocycles. The van der Waals surface area contributed by atoms with Crippen molar-refractivity contribution in [3.8, 4) is 0 Å². The molecule has 0 radical (unpaired) electrons. The Kier molecular flexibility index (Phi) is 7.51. The Morgan fingerprint density at radius 2 is 2.12 bits per heavy atom. The second kappa shape index (κ2) is 9.07. The first-order chi connectivity index (χ1) is 8.34. The normalized spacial score (nSPS) is 10.9. The molecule has 1 aromatic rings. The van der Waals surface area contributed by atoms with Gasteiger partial charge in [-0.3, -0.25) is 5.01 Å². The molecule has 1 aromatic carbocycles. The number of nitrogens with zero attached hydrogens (tertiary/aromatic N) is 2. The standard InChI is InChI=1S/C13H20N2OS/c1-3-17-12-11-16-10-9-14-15(2)13-7-5-4-6-8-13/h4-9H,3,10-12H2,1-2H3. The molecule has 0 saturated heterocycles. The number of hydrogen-bond donors (Lipinski definition) is 0. The van der Waals surface area contributed by atoms with Crippen LogP contribution in [0.1, 0.15) is 6.92 Å². The molecule has 17 heavy (non-hydrogen) atoms. The predicted octanol–water partition coefficient (Wildman–Crippen LogP) is 2.88. The molecule has 94 valence electrons. The summed E-state index contributed by atoms with van der Waals surface area (Å²) < 4.78 is 5.43. The van der Waals surface area contributed by atoms with Gasteiger partial charge in [0.2, 0.25) is 0 Å². The largest absolute Gasteiger partial charge is 0.375 e. The molecule has 0 amide bonds. The molecule has 0 aliphatic heterocycles. The molecule has 0 unspecified atom stereocenters. The van der Waals surface area contributed by atoms with E-state index in [9.17, 15) is 0 Å². The van der Waals surface area contributed by atoms with E-state index < -0.39 is 0 Å². The van der Waals surface area contributed by atoms with Crippen molar-refractivity contribution in [3.05, 3.63) is 30.3 Å². The van der Waals surface area contributed by atoms with E-state index >= 15 is 0 Å². The molecule has 0 atom stereocenters. The fraction of sp³-hybridized carbons (Fsp3) is 0.462. The lowest BCUT2D eigenvalue weighted by molar-refractivity contribution is 0.192. The summed E-state index contributed by atoms with van der Waals surface area (Å²) in [4.78, 5) is 0. The molecule has 0 aliphatic rings. The summed E-state index contributed by atoms with van der Waals surface area (Å²) in [7, 11) is 1.93. The van der Waals surface area contributed by atoms with Crippen LogP contribution >= 0.6 is 11.8 Å². The van der Waals surface area contributed by atoms with Crippen LogP contribution in [0.15, 0.2) is 35.4 Å². The lowest BCUT2D eigenvalue weighted by atomic mass is 10.3. The van der Waals surface area contributed by atoms with Crippen molar-refractivity contribution in [1.29, 1.82) is 0 Å². The molecule has 0 aromatic heterocycles. The van der Waals surface area contributed by atoms with Gasteiger partial charge in [-0.25, -0.2) is 0 Å². The maximum Gasteiger partial charge on any atom is 0.0836 e.